The summed E-state index contributed by atoms with van der Waals surface area (Å²) in [6, 6.07) is 15.3. The summed E-state index contributed by atoms with van der Waals surface area (Å²) in [5.41, 5.74) is 1.67. The molecule has 2 heterocycles. The van der Waals surface area contributed by atoms with E-state index in [2.05, 4.69) is 36.2 Å². The highest BCUT2D eigenvalue weighted by Gasteiger charge is 2.17. The van der Waals surface area contributed by atoms with E-state index in [0.29, 0.717) is 75.5 Å². The van der Waals surface area contributed by atoms with Gasteiger partial charge in [-0.15, -0.1) is 0 Å². The predicted octanol–water partition coefficient (Wildman–Crippen LogP) is 3.83. The molecule has 2 aliphatic rings. The lowest BCUT2D eigenvalue weighted by Crippen LogP contribution is -2.27. The van der Waals surface area contributed by atoms with Crippen LogP contribution in [0.2, 0.25) is 0 Å². The van der Waals surface area contributed by atoms with Crippen LogP contribution >= 0.6 is 0 Å². The molecule has 0 bridgehead atoms. The van der Waals surface area contributed by atoms with Crippen molar-refractivity contribution in [3.05, 3.63) is 59.7 Å². The number of fused-ring (bicyclic) bond motifs is 1. The van der Waals surface area contributed by atoms with Crippen LogP contribution in [-0.2, 0) is 16.0 Å². The Balaban J connectivity index is 1.03. The highest BCUT2D eigenvalue weighted by atomic mass is 16.7. The molecule has 12 heteroatoms. The minimum Gasteiger partial charge on any atom is -0.454 e. The van der Waals surface area contributed by atoms with E-state index in [4.69, 9.17) is 18.9 Å². The second kappa shape index (κ2) is 15.7. The Morgan fingerprint density at radius 1 is 0.786 bits per heavy atom. The lowest BCUT2D eigenvalue weighted by atomic mass is 9.96. The summed E-state index contributed by atoms with van der Waals surface area (Å²) >= 11 is 0. The molecule has 0 unspecified atom stereocenters. The van der Waals surface area contributed by atoms with E-state index < -0.39 is 0 Å². The van der Waals surface area contributed by atoms with E-state index in [1.165, 1.54) is 19.3 Å². The zero-order chi connectivity index (χ0) is 28.8. The molecule has 4 N–H and O–H groups in total. The molecule has 42 heavy (non-hydrogen) atoms. The molecular weight excluding hydrogens is 538 g/mol. The number of hydrogen-bond acceptors (Lipinski definition) is 11. The first kappa shape index (κ1) is 29.3. The number of nitrogens with one attached hydrogen (secondary N) is 4. The molecule has 5 rings (SSSR count). The van der Waals surface area contributed by atoms with Gasteiger partial charge >= 0.3 is 0 Å². The van der Waals surface area contributed by atoms with Gasteiger partial charge in [-0.2, -0.15) is 15.0 Å². The average molecular weight is 578 g/mol. The Labute approximate surface area is 245 Å². The van der Waals surface area contributed by atoms with Crippen LogP contribution in [0.25, 0.3) is 0 Å². The lowest BCUT2D eigenvalue weighted by Gasteiger charge is -2.23. The van der Waals surface area contributed by atoms with Crippen molar-refractivity contribution in [2.24, 2.45) is 0 Å². The molecule has 2 aromatic carbocycles. The van der Waals surface area contributed by atoms with Crippen molar-refractivity contribution in [3.8, 4) is 11.5 Å². The van der Waals surface area contributed by atoms with Crippen molar-refractivity contribution in [3.63, 3.8) is 0 Å². The quantitative estimate of drug-likeness (QED) is 0.185. The van der Waals surface area contributed by atoms with Crippen molar-refractivity contribution in [2.75, 3.05) is 62.3 Å². The summed E-state index contributed by atoms with van der Waals surface area (Å²) in [6.07, 6.45) is 5.94. The summed E-state index contributed by atoms with van der Waals surface area (Å²) in [7, 11) is 0. The summed E-state index contributed by atoms with van der Waals surface area (Å²) in [6.45, 7) is 3.52. The Kier molecular flexibility index (Phi) is 11.0. The van der Waals surface area contributed by atoms with E-state index in [9.17, 15) is 4.79 Å². The highest BCUT2D eigenvalue weighted by molar-refractivity contribution is 5.94. The number of rotatable bonds is 16. The maximum atomic E-state index is 12.0. The topological polar surface area (TPSA) is 141 Å². The fraction of sp³-hybridized carbons (Fsp3) is 0.467. The molecule has 1 aliphatic heterocycles. The maximum Gasteiger partial charge on any atom is 0.251 e. The van der Waals surface area contributed by atoms with E-state index in [0.717, 1.165) is 29.9 Å². The van der Waals surface area contributed by atoms with Crippen molar-refractivity contribution in [1.82, 2.24) is 20.3 Å². The largest absolute Gasteiger partial charge is 0.454 e. The summed E-state index contributed by atoms with van der Waals surface area (Å²) in [4.78, 5) is 25.8. The molecule has 1 saturated carbocycles. The van der Waals surface area contributed by atoms with Crippen LogP contribution < -0.4 is 30.7 Å². The summed E-state index contributed by atoms with van der Waals surface area (Å²) in [5, 5.41) is 12.9. The van der Waals surface area contributed by atoms with Crippen LogP contribution in [0.3, 0.4) is 0 Å². The van der Waals surface area contributed by atoms with E-state index >= 15 is 0 Å². The van der Waals surface area contributed by atoms with Crippen LogP contribution in [-0.4, -0.2) is 73.2 Å². The number of carbonyl (C=O) groups is 1. The minimum atomic E-state index is -0.108. The van der Waals surface area contributed by atoms with Crippen molar-refractivity contribution in [1.29, 1.82) is 0 Å². The Hall–Kier alpha value is -4.16. The number of amides is 1. The van der Waals surface area contributed by atoms with Gasteiger partial charge in [0.15, 0.2) is 11.5 Å². The first-order valence-electron chi connectivity index (χ1n) is 14.6. The van der Waals surface area contributed by atoms with E-state index in [-0.39, 0.29) is 12.7 Å². The number of anilines is 3. The van der Waals surface area contributed by atoms with Crippen molar-refractivity contribution >= 4 is 23.8 Å². The zero-order valence-electron chi connectivity index (χ0n) is 23.8. The van der Waals surface area contributed by atoms with Gasteiger partial charge in [0.2, 0.25) is 24.6 Å². The zero-order valence-corrected chi connectivity index (χ0v) is 23.8. The van der Waals surface area contributed by atoms with Crippen molar-refractivity contribution in [2.45, 2.75) is 44.7 Å². The summed E-state index contributed by atoms with van der Waals surface area (Å²) < 4.78 is 22.1. The van der Waals surface area contributed by atoms with Gasteiger partial charge in [0.25, 0.3) is 5.91 Å². The average Bonchev–Trinajstić information content (AvgIpc) is 3.50. The van der Waals surface area contributed by atoms with Gasteiger partial charge < -0.3 is 40.2 Å². The van der Waals surface area contributed by atoms with E-state index in [1.807, 2.05) is 36.4 Å². The van der Waals surface area contributed by atoms with Crippen molar-refractivity contribution < 1.29 is 23.7 Å². The van der Waals surface area contributed by atoms with Gasteiger partial charge in [0.05, 0.1) is 26.4 Å². The number of aromatic nitrogens is 3. The van der Waals surface area contributed by atoms with Crippen LogP contribution in [0.4, 0.5) is 17.8 Å². The Morgan fingerprint density at radius 2 is 1.50 bits per heavy atom. The summed E-state index contributed by atoms with van der Waals surface area (Å²) in [5.74, 6) is 2.91. The molecule has 0 saturated heterocycles. The fourth-order valence-corrected chi connectivity index (χ4v) is 4.75. The second-order valence-corrected chi connectivity index (χ2v) is 10.1. The van der Waals surface area contributed by atoms with Gasteiger partial charge in [0, 0.05) is 31.2 Å². The molecule has 0 radical (unpaired) electrons. The fourth-order valence-electron chi connectivity index (χ4n) is 4.75. The number of nitrogens with zero attached hydrogens (tertiary/aromatic N) is 3. The monoisotopic (exact) mass is 577 g/mol. The van der Waals surface area contributed by atoms with Crippen LogP contribution in [0.15, 0.2) is 48.5 Å². The lowest BCUT2D eigenvalue weighted by molar-refractivity contribution is 0.0519. The molecule has 1 aliphatic carbocycles. The number of benzene rings is 2. The third-order valence-corrected chi connectivity index (χ3v) is 6.93. The first-order valence-corrected chi connectivity index (χ1v) is 14.6. The molecule has 224 valence electrons. The molecule has 1 amide bonds. The second-order valence-electron chi connectivity index (χ2n) is 10.1. The Morgan fingerprint density at radius 3 is 2.31 bits per heavy atom. The minimum absolute atomic E-state index is 0.108. The van der Waals surface area contributed by atoms with Gasteiger partial charge in [-0.3, -0.25) is 4.79 Å². The van der Waals surface area contributed by atoms with Gasteiger partial charge in [-0.05, 0) is 42.7 Å². The van der Waals surface area contributed by atoms with Crippen LogP contribution in [0, 0.1) is 0 Å². The molecule has 12 nitrogen and oxygen atoms in total. The molecular formula is C30H39N7O5. The first-order chi connectivity index (χ1) is 20.7. The smallest absolute Gasteiger partial charge is 0.251 e. The standard InChI is InChI=1S/C30H39N7O5/c38-27(23-7-3-1-4-8-23)31-13-15-39-17-18-40-16-14-32-28-35-29(37-30(36-28)34-24-9-5-2-6-10-24)33-20-22-11-12-25-26(19-22)42-21-41-25/h1,3-4,7-8,11-12,19,24H,2,5-6,9-10,13-18,20-21H2,(H,31,38)(H3,32,33,34,35,36,37). The highest BCUT2D eigenvalue weighted by Crippen LogP contribution is 2.32. The third kappa shape index (κ3) is 9.18. The van der Waals surface area contributed by atoms with E-state index in [1.54, 1.807) is 12.1 Å². The molecule has 3 aromatic rings. The number of ether oxygens (including phenoxy) is 4. The number of hydrogen-bond donors (Lipinski definition) is 4. The number of carbonyl (C=O) groups excluding carboxylic acids is 1. The van der Waals surface area contributed by atoms with Gasteiger partial charge in [-0.1, -0.05) is 43.5 Å². The normalized spacial score (nSPS) is 14.4. The predicted molar refractivity (Wildman–Crippen MR) is 159 cm³/mol. The molecule has 1 fully saturated rings. The molecule has 1 aromatic heterocycles. The van der Waals surface area contributed by atoms with Crippen LogP contribution in [0.1, 0.15) is 48.0 Å². The SMILES string of the molecule is O=C(NCCOCCOCCNc1nc(NCc2ccc3c(c2)OCO3)nc(NC2CCCCC2)n1)c1ccccc1. The Bertz CT molecular complexity index is 1270. The van der Waals surface area contributed by atoms with Gasteiger partial charge in [0.1, 0.15) is 0 Å². The molecule has 0 spiro atoms. The maximum absolute atomic E-state index is 12.0. The third-order valence-electron chi connectivity index (χ3n) is 6.93. The van der Waals surface area contributed by atoms with Crippen LogP contribution in [0.5, 0.6) is 11.5 Å². The molecule has 0 atom stereocenters. The van der Waals surface area contributed by atoms with Gasteiger partial charge in [-0.25, -0.2) is 0 Å².